The number of benzene rings is 1. The lowest BCUT2D eigenvalue weighted by molar-refractivity contribution is -0.202. The first-order valence-electron chi connectivity index (χ1n) is 19.3. The second-order valence-corrected chi connectivity index (χ2v) is 19.1. The van der Waals surface area contributed by atoms with Gasteiger partial charge in [-0.25, -0.2) is 4.79 Å². The number of allylic oxidation sites excluding steroid dienone is 3. The maximum atomic E-state index is 14.2. The quantitative estimate of drug-likeness (QED) is 0.211. The first-order valence-corrected chi connectivity index (χ1v) is 19.3. The third kappa shape index (κ3) is 5.95. The lowest BCUT2D eigenvalue weighted by atomic mass is 9.33. The van der Waals surface area contributed by atoms with Crippen LogP contribution in [0.15, 0.2) is 56.8 Å². The molecule has 1 aromatic heterocycles. The third-order valence-corrected chi connectivity index (χ3v) is 15.5. The number of carbonyl (C=O) groups is 2. The molecule has 7 rings (SSSR count). The first-order chi connectivity index (χ1) is 24.1. The SMILES string of the molecule is CC(C)=CCOc1cc2oc(=O)ccc2cc1O.CC1(C(=O)O)CCC2(C)CCC3(C)C(=CC(=O)C4C5(C)CCC(O)C(C)(C)C5CCC43C)C2C1. The molecule has 3 N–H and O–H groups in total. The Balaban J connectivity index is 0.000000217. The van der Waals surface area contributed by atoms with Crippen LogP contribution < -0.4 is 10.4 Å². The number of hydrogen-bond acceptors (Lipinski definition) is 7. The topological polar surface area (TPSA) is 134 Å². The fraction of sp³-hybridized carbons (Fsp3) is 0.659. The van der Waals surface area contributed by atoms with E-state index in [1.165, 1.54) is 23.8 Å². The average Bonchev–Trinajstić information content (AvgIpc) is 3.05. The monoisotopic (exact) mass is 716 g/mol. The Morgan fingerprint density at radius 3 is 2.31 bits per heavy atom. The van der Waals surface area contributed by atoms with E-state index in [-0.39, 0.29) is 56.5 Å². The van der Waals surface area contributed by atoms with Gasteiger partial charge in [-0.3, -0.25) is 9.59 Å². The molecule has 0 radical (unpaired) electrons. The number of aliphatic carboxylic acids is 1. The summed E-state index contributed by atoms with van der Waals surface area (Å²) in [6.07, 6.45) is 11.8. The summed E-state index contributed by atoms with van der Waals surface area (Å²) in [4.78, 5) is 37.5. The van der Waals surface area contributed by atoms with E-state index in [9.17, 15) is 29.7 Å². The standard InChI is InChI=1S/C30H46O4.C14H14O4/c1-25(2)21-8-11-30(7)23(28(21,5)10-9-22(25)32)20(31)16-18-19-17-27(4,24(33)34)13-12-26(19,3)14-15-29(18,30)6;1-9(2)5-6-17-13-8-12-10(7-11(13)15)3-4-14(16)18-12/h16,19,21-23,32H,8-15,17H2,1-7H3,(H,33,34);3-5,7-8,15H,6H2,1-2H3. The van der Waals surface area contributed by atoms with Gasteiger partial charge in [0.1, 0.15) is 12.2 Å². The molecule has 0 saturated heterocycles. The second kappa shape index (κ2) is 12.9. The van der Waals surface area contributed by atoms with Crippen molar-refractivity contribution < 1.29 is 34.1 Å². The normalized spacial score (nSPS) is 39.0. The summed E-state index contributed by atoms with van der Waals surface area (Å²) in [5, 5.41) is 31.3. The molecule has 8 nitrogen and oxygen atoms in total. The molecule has 9 unspecified atom stereocenters. The number of aliphatic hydroxyl groups excluding tert-OH is 1. The molecular weight excluding hydrogens is 656 g/mol. The summed E-state index contributed by atoms with van der Waals surface area (Å²) in [7, 11) is 0. The molecular formula is C44H60O8. The molecule has 1 heterocycles. The van der Waals surface area contributed by atoms with Crippen molar-refractivity contribution in [1.82, 2.24) is 0 Å². The Bertz CT molecular complexity index is 1880. The number of carboxylic acids is 1. The lowest BCUT2D eigenvalue weighted by Crippen LogP contribution is -2.66. The van der Waals surface area contributed by atoms with Crippen LogP contribution in [0.5, 0.6) is 11.5 Å². The molecule has 4 fully saturated rings. The van der Waals surface area contributed by atoms with Crippen LogP contribution >= 0.6 is 0 Å². The zero-order valence-corrected chi connectivity index (χ0v) is 32.7. The summed E-state index contributed by atoms with van der Waals surface area (Å²) in [5.74, 6) is 0.387. The Kier molecular flexibility index (Phi) is 9.50. The first kappa shape index (κ1) is 38.3. The highest BCUT2D eigenvalue weighted by atomic mass is 16.5. The molecule has 0 aliphatic heterocycles. The molecule has 52 heavy (non-hydrogen) atoms. The van der Waals surface area contributed by atoms with E-state index in [2.05, 4.69) is 41.5 Å². The van der Waals surface area contributed by atoms with Crippen LogP contribution in [-0.2, 0) is 9.59 Å². The zero-order chi connectivity index (χ0) is 38.2. The van der Waals surface area contributed by atoms with Gasteiger partial charge in [-0.1, -0.05) is 52.7 Å². The number of carboxylic acid groups (broad SMARTS) is 1. The van der Waals surface area contributed by atoms with Crippen molar-refractivity contribution in [3.8, 4) is 11.5 Å². The molecule has 1 aromatic carbocycles. The van der Waals surface area contributed by atoms with Crippen LogP contribution in [0.4, 0.5) is 0 Å². The fourth-order valence-corrected chi connectivity index (χ4v) is 11.9. The van der Waals surface area contributed by atoms with Gasteiger partial charge in [0, 0.05) is 23.4 Å². The highest BCUT2D eigenvalue weighted by Gasteiger charge is 2.70. The van der Waals surface area contributed by atoms with Crippen LogP contribution in [-0.4, -0.2) is 39.8 Å². The summed E-state index contributed by atoms with van der Waals surface area (Å²) in [6.45, 7) is 20.1. The number of ether oxygens (including phenoxy) is 1. The average molecular weight is 717 g/mol. The molecule has 0 amide bonds. The summed E-state index contributed by atoms with van der Waals surface area (Å²) in [5.41, 5.74) is 1.24. The minimum absolute atomic E-state index is 0.0264. The maximum absolute atomic E-state index is 14.2. The number of phenols is 1. The van der Waals surface area contributed by atoms with Crippen molar-refractivity contribution in [2.24, 2.45) is 50.2 Å². The van der Waals surface area contributed by atoms with E-state index in [4.69, 9.17) is 9.15 Å². The van der Waals surface area contributed by atoms with Gasteiger partial charge < -0.3 is 24.5 Å². The number of rotatable bonds is 4. The van der Waals surface area contributed by atoms with Crippen molar-refractivity contribution in [2.45, 2.75) is 126 Å². The van der Waals surface area contributed by atoms with Gasteiger partial charge >= 0.3 is 11.6 Å². The van der Waals surface area contributed by atoms with Crippen LogP contribution in [0.2, 0.25) is 0 Å². The predicted molar refractivity (Wildman–Crippen MR) is 202 cm³/mol. The predicted octanol–water partition coefficient (Wildman–Crippen LogP) is 9.26. The molecule has 4 saturated carbocycles. The Hall–Kier alpha value is -3.39. The highest BCUT2D eigenvalue weighted by molar-refractivity contribution is 5.95. The number of fused-ring (bicyclic) bond motifs is 8. The zero-order valence-electron chi connectivity index (χ0n) is 32.7. The Labute approximate surface area is 308 Å². The number of ketones is 1. The van der Waals surface area contributed by atoms with Gasteiger partial charge in [0.2, 0.25) is 0 Å². The van der Waals surface area contributed by atoms with Gasteiger partial charge in [-0.2, -0.15) is 0 Å². The van der Waals surface area contributed by atoms with Gasteiger partial charge in [0.25, 0.3) is 0 Å². The van der Waals surface area contributed by atoms with Gasteiger partial charge in [0.15, 0.2) is 17.3 Å². The number of phenolic OH excluding ortho intramolecular Hbond substituents is 1. The molecule has 8 heteroatoms. The summed E-state index contributed by atoms with van der Waals surface area (Å²) < 4.78 is 10.4. The van der Waals surface area contributed by atoms with Crippen LogP contribution in [0.3, 0.4) is 0 Å². The van der Waals surface area contributed by atoms with Gasteiger partial charge in [0.05, 0.1) is 11.5 Å². The molecule has 284 valence electrons. The molecule has 2 aromatic rings. The lowest BCUT2D eigenvalue weighted by Gasteiger charge is -2.70. The van der Waals surface area contributed by atoms with Crippen LogP contribution in [0, 0.1) is 50.2 Å². The third-order valence-electron chi connectivity index (χ3n) is 15.5. The second-order valence-electron chi connectivity index (χ2n) is 19.1. The molecule has 9 atom stereocenters. The number of aromatic hydroxyl groups is 1. The van der Waals surface area contributed by atoms with Crippen molar-refractivity contribution >= 4 is 22.7 Å². The number of aliphatic hydroxyl groups is 1. The van der Waals surface area contributed by atoms with Crippen molar-refractivity contribution in [1.29, 1.82) is 0 Å². The van der Waals surface area contributed by atoms with Crippen molar-refractivity contribution in [3.05, 3.63) is 58.0 Å². The molecule has 0 spiro atoms. The van der Waals surface area contributed by atoms with Crippen LogP contribution in [0.1, 0.15) is 120 Å². The molecule has 0 bridgehead atoms. The van der Waals surface area contributed by atoms with E-state index in [0.29, 0.717) is 35.7 Å². The van der Waals surface area contributed by atoms with E-state index in [1.54, 1.807) is 6.07 Å². The van der Waals surface area contributed by atoms with Gasteiger partial charge in [-0.15, -0.1) is 0 Å². The summed E-state index contributed by atoms with van der Waals surface area (Å²) in [6, 6.07) is 5.94. The van der Waals surface area contributed by atoms with Crippen molar-refractivity contribution in [3.63, 3.8) is 0 Å². The number of carbonyl (C=O) groups excluding carboxylic acids is 1. The number of hydrogen-bond donors (Lipinski definition) is 3. The molecule has 5 aliphatic rings. The minimum atomic E-state index is -0.711. The molecule has 5 aliphatic carbocycles. The van der Waals surface area contributed by atoms with E-state index in [0.717, 1.165) is 56.9 Å². The smallest absolute Gasteiger partial charge is 0.336 e. The summed E-state index contributed by atoms with van der Waals surface area (Å²) >= 11 is 0. The highest BCUT2D eigenvalue weighted by Crippen LogP contribution is 2.75. The minimum Gasteiger partial charge on any atom is -0.504 e. The Morgan fingerprint density at radius 2 is 1.63 bits per heavy atom. The van der Waals surface area contributed by atoms with E-state index in [1.807, 2.05) is 32.9 Å². The van der Waals surface area contributed by atoms with E-state index < -0.39 is 17.0 Å². The van der Waals surface area contributed by atoms with Gasteiger partial charge in [-0.05, 0) is 142 Å². The van der Waals surface area contributed by atoms with Crippen molar-refractivity contribution in [2.75, 3.05) is 6.61 Å². The largest absolute Gasteiger partial charge is 0.504 e. The maximum Gasteiger partial charge on any atom is 0.336 e. The van der Waals surface area contributed by atoms with Crippen LogP contribution in [0.25, 0.3) is 11.0 Å². The Morgan fingerprint density at radius 1 is 0.942 bits per heavy atom. The van der Waals surface area contributed by atoms with E-state index >= 15 is 0 Å². The fourth-order valence-electron chi connectivity index (χ4n) is 11.9.